The normalized spacial score (nSPS) is 14.9. The lowest BCUT2D eigenvalue weighted by molar-refractivity contribution is -0.140. The molecular weight excluding hydrogens is 332 g/mol. The molecule has 1 aromatic rings. The lowest BCUT2D eigenvalue weighted by atomic mass is 9.94. The van der Waals surface area contributed by atoms with Crippen molar-refractivity contribution >= 4 is 39.9 Å². The minimum absolute atomic E-state index is 0.183. The molecule has 1 aromatic heterocycles. The van der Waals surface area contributed by atoms with Crippen LogP contribution in [0.4, 0.5) is 5.00 Å². The van der Waals surface area contributed by atoms with Crippen LogP contribution < -0.4 is 5.32 Å². The summed E-state index contributed by atoms with van der Waals surface area (Å²) in [6.07, 6.45) is 2.40. The maximum absolute atomic E-state index is 12.3. The Morgan fingerprint density at radius 2 is 2.00 bits per heavy atom. The molecule has 1 amide bonds. The van der Waals surface area contributed by atoms with Crippen LogP contribution in [0.1, 0.15) is 60.8 Å². The predicted molar refractivity (Wildman–Crippen MR) is 90.4 cm³/mol. The first-order chi connectivity index (χ1) is 11.5. The van der Waals surface area contributed by atoms with Gasteiger partial charge in [0.15, 0.2) is 0 Å². The summed E-state index contributed by atoms with van der Waals surface area (Å²) in [5.41, 5.74) is 1.79. The fourth-order valence-electron chi connectivity index (χ4n) is 2.41. The summed E-state index contributed by atoms with van der Waals surface area (Å²) in [5.74, 6) is -1.15. The molecule has 0 radical (unpaired) electrons. The van der Waals surface area contributed by atoms with E-state index >= 15 is 0 Å². The van der Waals surface area contributed by atoms with Crippen LogP contribution in [-0.2, 0) is 25.6 Å². The van der Waals surface area contributed by atoms with Crippen LogP contribution in [0.2, 0.25) is 0 Å². The van der Waals surface area contributed by atoms with Crippen molar-refractivity contribution in [3.63, 3.8) is 0 Å². The smallest absolute Gasteiger partial charge is 0.341 e. The van der Waals surface area contributed by atoms with Crippen LogP contribution in [0.3, 0.4) is 0 Å². The zero-order chi connectivity index (χ0) is 17.7. The van der Waals surface area contributed by atoms with Crippen LogP contribution in [0, 0.1) is 0 Å². The van der Waals surface area contributed by atoms with Crippen LogP contribution in [-0.4, -0.2) is 30.2 Å². The van der Waals surface area contributed by atoms with Gasteiger partial charge in [-0.05, 0) is 31.7 Å². The molecule has 0 saturated heterocycles. The number of hydrogen-bond acceptors (Lipinski definition) is 7. The van der Waals surface area contributed by atoms with Crippen molar-refractivity contribution in [3.8, 4) is 0 Å². The fourth-order valence-corrected chi connectivity index (χ4v) is 3.67. The van der Waals surface area contributed by atoms with Crippen molar-refractivity contribution in [3.05, 3.63) is 16.0 Å². The zero-order valence-corrected chi connectivity index (χ0v) is 14.7. The highest BCUT2D eigenvalue weighted by atomic mass is 32.1. The Hall–Kier alpha value is -2.22. The number of thiophene rings is 1. The summed E-state index contributed by atoms with van der Waals surface area (Å²) < 4.78 is 5.13. The van der Waals surface area contributed by atoms with E-state index in [1.165, 1.54) is 18.3 Å². The number of fused-ring (bicyclic) bond motifs is 1. The van der Waals surface area contributed by atoms with E-state index in [1.807, 2.05) is 0 Å². The van der Waals surface area contributed by atoms with Crippen molar-refractivity contribution in [2.75, 3.05) is 11.9 Å². The number of carbonyl (C=O) groups is 3. The number of oxime groups is 1. The van der Waals surface area contributed by atoms with E-state index in [1.54, 1.807) is 13.8 Å². The quantitative estimate of drug-likeness (QED) is 0.499. The number of ether oxygens (including phenoxy) is 1. The van der Waals surface area contributed by atoms with E-state index in [0.717, 1.165) is 16.9 Å². The van der Waals surface area contributed by atoms with Gasteiger partial charge in [0.25, 0.3) is 0 Å². The summed E-state index contributed by atoms with van der Waals surface area (Å²) in [7, 11) is 0. The number of nitrogens with one attached hydrogen (secondary N) is 1. The summed E-state index contributed by atoms with van der Waals surface area (Å²) in [6, 6.07) is 0. The summed E-state index contributed by atoms with van der Waals surface area (Å²) in [6.45, 7) is 4.99. The van der Waals surface area contributed by atoms with Gasteiger partial charge in [0.2, 0.25) is 5.91 Å². The molecule has 0 unspecified atom stereocenters. The Labute approximate surface area is 144 Å². The number of nitrogens with zero attached hydrogens (tertiary/aromatic N) is 1. The van der Waals surface area contributed by atoms with Crippen molar-refractivity contribution in [1.29, 1.82) is 0 Å². The fraction of sp³-hybridized carbons (Fsp3) is 0.500. The first-order valence-electron chi connectivity index (χ1n) is 7.85. The van der Waals surface area contributed by atoms with Gasteiger partial charge >= 0.3 is 11.9 Å². The van der Waals surface area contributed by atoms with E-state index in [2.05, 4.69) is 10.5 Å². The number of esters is 1. The molecule has 0 fully saturated rings. The zero-order valence-electron chi connectivity index (χ0n) is 13.9. The van der Waals surface area contributed by atoms with Gasteiger partial charge in [-0.2, -0.15) is 0 Å². The highest BCUT2D eigenvalue weighted by Crippen LogP contribution is 2.39. The topological polar surface area (TPSA) is 94.1 Å². The molecule has 24 heavy (non-hydrogen) atoms. The molecule has 0 bridgehead atoms. The maximum Gasteiger partial charge on any atom is 0.341 e. The molecule has 7 nitrogen and oxygen atoms in total. The minimum atomic E-state index is -0.503. The molecule has 1 heterocycles. The van der Waals surface area contributed by atoms with Gasteiger partial charge in [-0.1, -0.05) is 12.1 Å². The van der Waals surface area contributed by atoms with E-state index < -0.39 is 11.9 Å². The van der Waals surface area contributed by atoms with Gasteiger partial charge < -0.3 is 14.9 Å². The third kappa shape index (κ3) is 4.00. The third-order valence-electron chi connectivity index (χ3n) is 3.45. The van der Waals surface area contributed by atoms with Crippen molar-refractivity contribution < 1.29 is 24.0 Å². The Morgan fingerprint density at radius 1 is 1.25 bits per heavy atom. The summed E-state index contributed by atoms with van der Waals surface area (Å²) >= 11 is 1.26. The van der Waals surface area contributed by atoms with Crippen molar-refractivity contribution in [2.45, 2.75) is 46.5 Å². The van der Waals surface area contributed by atoms with Crippen LogP contribution in [0.5, 0.6) is 0 Å². The lowest BCUT2D eigenvalue weighted by Gasteiger charge is -2.14. The molecule has 1 aliphatic carbocycles. The first kappa shape index (κ1) is 18.1. The third-order valence-corrected chi connectivity index (χ3v) is 4.64. The number of amides is 1. The molecule has 8 heteroatoms. The number of hydrogen-bond donors (Lipinski definition) is 1. The number of carbonyl (C=O) groups excluding carboxylic acids is 3. The standard InChI is InChI=1S/C16H20N2O5S/c1-4-12(20)17-15-13(16(21)22-5-2)10-7-6-8-11(14(10)24-15)18-23-9(3)19/h4-8H2,1-3H3,(H,17,20)/b18-11+. The van der Waals surface area contributed by atoms with Gasteiger partial charge in [0, 0.05) is 13.3 Å². The van der Waals surface area contributed by atoms with Crippen molar-refractivity contribution in [1.82, 2.24) is 0 Å². The number of anilines is 1. The highest BCUT2D eigenvalue weighted by molar-refractivity contribution is 7.19. The van der Waals surface area contributed by atoms with Crippen molar-refractivity contribution in [2.24, 2.45) is 5.16 Å². The minimum Gasteiger partial charge on any atom is -0.462 e. The average molecular weight is 352 g/mol. The van der Waals surface area contributed by atoms with Crippen LogP contribution in [0.25, 0.3) is 0 Å². The predicted octanol–water partition coefficient (Wildman–Crippen LogP) is 2.88. The second-order valence-electron chi connectivity index (χ2n) is 5.21. The molecule has 0 aliphatic heterocycles. The Kier molecular flexibility index (Phi) is 6.08. The lowest BCUT2D eigenvalue weighted by Crippen LogP contribution is -2.16. The molecule has 0 aromatic carbocycles. The van der Waals surface area contributed by atoms with Crippen LogP contribution in [0.15, 0.2) is 5.16 Å². The summed E-state index contributed by atoms with van der Waals surface area (Å²) in [4.78, 5) is 40.6. The second-order valence-corrected chi connectivity index (χ2v) is 6.23. The largest absolute Gasteiger partial charge is 0.462 e. The number of rotatable bonds is 5. The first-order valence-corrected chi connectivity index (χ1v) is 8.67. The molecule has 0 atom stereocenters. The Balaban J connectivity index is 2.48. The molecule has 0 spiro atoms. The molecular formula is C16H20N2O5S. The van der Waals surface area contributed by atoms with Gasteiger partial charge in [0.1, 0.15) is 5.00 Å². The molecule has 2 rings (SSSR count). The highest BCUT2D eigenvalue weighted by Gasteiger charge is 2.30. The second kappa shape index (κ2) is 8.05. The molecule has 1 aliphatic rings. The average Bonchev–Trinajstić information content (AvgIpc) is 2.91. The maximum atomic E-state index is 12.3. The van der Waals surface area contributed by atoms with E-state index in [9.17, 15) is 14.4 Å². The van der Waals surface area contributed by atoms with E-state index in [4.69, 9.17) is 9.57 Å². The van der Waals surface area contributed by atoms with E-state index in [0.29, 0.717) is 35.5 Å². The molecule has 0 saturated carbocycles. The SMILES string of the molecule is CCOC(=O)c1c(NC(=O)CC)sc2c1CCC/C2=N\OC(C)=O. The summed E-state index contributed by atoms with van der Waals surface area (Å²) in [5, 5.41) is 7.11. The van der Waals surface area contributed by atoms with Crippen LogP contribution >= 0.6 is 11.3 Å². The van der Waals surface area contributed by atoms with E-state index in [-0.39, 0.29) is 12.5 Å². The monoisotopic (exact) mass is 352 g/mol. The van der Waals surface area contributed by atoms with Gasteiger partial charge in [-0.15, -0.1) is 11.3 Å². The molecule has 130 valence electrons. The molecule has 1 N–H and O–H groups in total. The van der Waals surface area contributed by atoms with Gasteiger partial charge in [0.05, 0.1) is 22.8 Å². The van der Waals surface area contributed by atoms with Gasteiger partial charge in [-0.25, -0.2) is 9.59 Å². The van der Waals surface area contributed by atoms with Gasteiger partial charge in [-0.3, -0.25) is 4.79 Å². The Morgan fingerprint density at radius 3 is 2.62 bits per heavy atom. The Bertz CT molecular complexity index is 693.